The Balaban J connectivity index is 1.72. The first-order valence-electron chi connectivity index (χ1n) is 7.96. The van der Waals surface area contributed by atoms with Crippen LogP contribution in [0.25, 0.3) is 10.9 Å². The van der Waals surface area contributed by atoms with E-state index in [4.69, 9.17) is 9.47 Å². The second-order valence-electron chi connectivity index (χ2n) is 5.87. The molecule has 0 N–H and O–H groups in total. The Morgan fingerprint density at radius 1 is 1.04 bits per heavy atom. The van der Waals surface area contributed by atoms with Gasteiger partial charge in [-0.25, -0.2) is 4.79 Å². The van der Waals surface area contributed by atoms with Gasteiger partial charge in [0.05, 0.1) is 19.2 Å². The number of carbonyl (C=O) groups excluding carboxylic acids is 1. The molecule has 24 heavy (non-hydrogen) atoms. The van der Waals surface area contributed by atoms with E-state index < -0.39 is 0 Å². The number of nitrogens with zero attached hydrogens (tertiary/aromatic N) is 1. The molecule has 2 aromatic carbocycles. The first-order chi connectivity index (χ1) is 11.6. The highest BCUT2D eigenvalue weighted by atomic mass is 16.5. The average Bonchev–Trinajstić information content (AvgIpc) is 2.99. The van der Waals surface area contributed by atoms with Gasteiger partial charge in [0.1, 0.15) is 12.4 Å². The second-order valence-corrected chi connectivity index (χ2v) is 5.87. The summed E-state index contributed by atoms with van der Waals surface area (Å²) in [5, 5.41) is 1.09. The number of esters is 1. The van der Waals surface area contributed by atoms with Crippen LogP contribution in [0.15, 0.2) is 48.7 Å². The number of hydrogen-bond donors (Lipinski definition) is 0. The van der Waals surface area contributed by atoms with Crippen LogP contribution in [-0.4, -0.2) is 24.3 Å². The highest BCUT2D eigenvalue weighted by Crippen LogP contribution is 2.19. The number of benzene rings is 2. The molecule has 4 nitrogen and oxygen atoms in total. The summed E-state index contributed by atoms with van der Waals surface area (Å²) in [4.78, 5) is 11.7. The molecule has 0 aliphatic carbocycles. The average molecular weight is 323 g/mol. The summed E-state index contributed by atoms with van der Waals surface area (Å²) in [5.41, 5.74) is 4.04. The molecule has 0 aliphatic rings. The Hall–Kier alpha value is -2.75. The fourth-order valence-electron chi connectivity index (χ4n) is 2.69. The van der Waals surface area contributed by atoms with Crippen LogP contribution >= 0.6 is 0 Å². The zero-order valence-electron chi connectivity index (χ0n) is 14.2. The number of carbonyl (C=O) groups is 1. The molecule has 0 fully saturated rings. The Labute approximate surface area is 141 Å². The Morgan fingerprint density at radius 2 is 1.88 bits per heavy atom. The number of fused-ring (bicyclic) bond motifs is 1. The van der Waals surface area contributed by atoms with Crippen molar-refractivity contribution in [2.24, 2.45) is 0 Å². The second kappa shape index (κ2) is 6.79. The van der Waals surface area contributed by atoms with Crippen molar-refractivity contribution in [1.29, 1.82) is 0 Å². The van der Waals surface area contributed by atoms with E-state index in [2.05, 4.69) is 30.5 Å². The number of hydrogen-bond acceptors (Lipinski definition) is 3. The normalized spacial score (nSPS) is 10.8. The lowest BCUT2D eigenvalue weighted by Crippen LogP contribution is -2.08. The van der Waals surface area contributed by atoms with Crippen LogP contribution in [0, 0.1) is 13.8 Å². The smallest absolute Gasteiger partial charge is 0.337 e. The zero-order chi connectivity index (χ0) is 17.1. The lowest BCUT2D eigenvalue weighted by molar-refractivity contribution is 0.0601. The van der Waals surface area contributed by atoms with Crippen LogP contribution in [0.3, 0.4) is 0 Å². The Bertz CT molecular complexity index is 880. The molecule has 3 rings (SSSR count). The predicted octanol–water partition coefficient (Wildman–Crippen LogP) is 4.12. The first kappa shape index (κ1) is 16.1. The predicted molar refractivity (Wildman–Crippen MR) is 94.7 cm³/mol. The molecule has 0 aliphatic heterocycles. The van der Waals surface area contributed by atoms with Gasteiger partial charge < -0.3 is 14.0 Å². The number of rotatable bonds is 5. The van der Waals surface area contributed by atoms with Crippen LogP contribution in [0.1, 0.15) is 21.5 Å². The van der Waals surface area contributed by atoms with E-state index in [0.29, 0.717) is 18.7 Å². The van der Waals surface area contributed by atoms with E-state index in [1.165, 1.54) is 18.2 Å². The molecule has 0 saturated heterocycles. The number of ether oxygens (including phenoxy) is 2. The lowest BCUT2D eigenvalue weighted by Gasteiger charge is -2.10. The van der Waals surface area contributed by atoms with Crippen molar-refractivity contribution in [2.45, 2.75) is 20.4 Å². The van der Waals surface area contributed by atoms with Gasteiger partial charge >= 0.3 is 5.97 Å². The van der Waals surface area contributed by atoms with E-state index in [0.717, 1.165) is 16.7 Å². The number of aromatic nitrogens is 1. The van der Waals surface area contributed by atoms with Gasteiger partial charge in [-0.05, 0) is 60.7 Å². The maximum atomic E-state index is 11.7. The summed E-state index contributed by atoms with van der Waals surface area (Å²) in [5.74, 6) is 0.556. The van der Waals surface area contributed by atoms with Gasteiger partial charge in [-0.3, -0.25) is 0 Å². The molecule has 1 aromatic heterocycles. The summed E-state index contributed by atoms with van der Waals surface area (Å²) in [6.45, 7) is 5.44. The van der Waals surface area contributed by atoms with Gasteiger partial charge in [0, 0.05) is 11.7 Å². The van der Waals surface area contributed by atoms with Crippen molar-refractivity contribution in [3.05, 3.63) is 65.4 Å². The molecule has 0 bridgehead atoms. The fourth-order valence-corrected chi connectivity index (χ4v) is 2.69. The largest absolute Gasteiger partial charge is 0.492 e. The zero-order valence-corrected chi connectivity index (χ0v) is 14.2. The summed E-state index contributed by atoms with van der Waals surface area (Å²) in [7, 11) is 1.39. The highest BCUT2D eigenvalue weighted by Gasteiger charge is 2.08. The molecule has 1 heterocycles. The van der Waals surface area contributed by atoms with Crippen LogP contribution < -0.4 is 4.74 Å². The van der Waals surface area contributed by atoms with Crippen LogP contribution in [0.4, 0.5) is 0 Å². The monoisotopic (exact) mass is 323 g/mol. The van der Waals surface area contributed by atoms with E-state index in [9.17, 15) is 4.79 Å². The molecule has 0 atom stereocenters. The third kappa shape index (κ3) is 3.27. The third-order valence-electron chi connectivity index (χ3n) is 4.27. The molecular weight excluding hydrogens is 302 g/mol. The summed E-state index contributed by atoms with van der Waals surface area (Å²) < 4.78 is 12.7. The minimum atomic E-state index is -0.323. The van der Waals surface area contributed by atoms with Gasteiger partial charge in [0.2, 0.25) is 0 Å². The van der Waals surface area contributed by atoms with Gasteiger partial charge in [-0.2, -0.15) is 0 Å². The van der Waals surface area contributed by atoms with E-state index in [-0.39, 0.29) is 5.97 Å². The topological polar surface area (TPSA) is 40.5 Å². The van der Waals surface area contributed by atoms with Crippen molar-refractivity contribution < 1.29 is 14.3 Å². The standard InChI is InChI=1S/C20H21NO3/c1-14-4-7-18(12-15(14)2)24-11-10-21-9-8-16-5-6-17(13-19(16)21)20(22)23-3/h4-9,12-13H,10-11H2,1-3H3. The maximum Gasteiger partial charge on any atom is 0.337 e. The molecule has 0 saturated carbocycles. The molecule has 124 valence electrons. The maximum absolute atomic E-state index is 11.7. The molecule has 0 radical (unpaired) electrons. The van der Waals surface area contributed by atoms with Crippen LogP contribution in [-0.2, 0) is 11.3 Å². The van der Waals surface area contributed by atoms with Gasteiger partial charge in [0.15, 0.2) is 0 Å². The van der Waals surface area contributed by atoms with Crippen molar-refractivity contribution in [3.8, 4) is 5.75 Å². The molecule has 0 amide bonds. The molecule has 0 spiro atoms. The molecular formula is C20H21NO3. The third-order valence-corrected chi connectivity index (χ3v) is 4.27. The first-order valence-corrected chi connectivity index (χ1v) is 7.96. The van der Waals surface area contributed by atoms with Crippen molar-refractivity contribution in [1.82, 2.24) is 4.57 Å². The number of aryl methyl sites for hydroxylation is 2. The summed E-state index contributed by atoms with van der Waals surface area (Å²) >= 11 is 0. The van der Waals surface area contributed by atoms with Crippen molar-refractivity contribution in [2.75, 3.05) is 13.7 Å². The van der Waals surface area contributed by atoms with Crippen molar-refractivity contribution in [3.63, 3.8) is 0 Å². The lowest BCUT2D eigenvalue weighted by atomic mass is 10.1. The molecule has 4 heteroatoms. The van der Waals surface area contributed by atoms with Crippen LogP contribution in [0.5, 0.6) is 5.75 Å². The molecule has 0 unspecified atom stereocenters. The van der Waals surface area contributed by atoms with E-state index in [1.54, 1.807) is 6.07 Å². The van der Waals surface area contributed by atoms with Crippen LogP contribution in [0.2, 0.25) is 0 Å². The summed E-state index contributed by atoms with van der Waals surface area (Å²) in [6.07, 6.45) is 2.01. The number of methoxy groups -OCH3 is 1. The minimum absolute atomic E-state index is 0.323. The SMILES string of the molecule is COC(=O)c1ccc2ccn(CCOc3ccc(C)c(C)c3)c2c1. The van der Waals surface area contributed by atoms with Crippen molar-refractivity contribution >= 4 is 16.9 Å². The quantitative estimate of drug-likeness (QED) is 0.663. The van der Waals surface area contributed by atoms with E-state index >= 15 is 0 Å². The Morgan fingerprint density at radius 3 is 2.62 bits per heavy atom. The minimum Gasteiger partial charge on any atom is -0.492 e. The van der Waals surface area contributed by atoms with Gasteiger partial charge in [-0.15, -0.1) is 0 Å². The highest BCUT2D eigenvalue weighted by molar-refractivity contribution is 5.94. The Kier molecular flexibility index (Phi) is 4.56. The van der Waals surface area contributed by atoms with Gasteiger partial charge in [-0.1, -0.05) is 12.1 Å². The fraction of sp³-hybridized carbons (Fsp3) is 0.250. The summed E-state index contributed by atoms with van der Waals surface area (Å²) in [6, 6.07) is 13.7. The van der Waals surface area contributed by atoms with E-state index in [1.807, 2.05) is 30.5 Å². The van der Waals surface area contributed by atoms with Gasteiger partial charge in [0.25, 0.3) is 0 Å². The molecule has 3 aromatic rings.